The van der Waals surface area contributed by atoms with Gasteiger partial charge in [-0.05, 0) is 75.3 Å². The van der Waals surface area contributed by atoms with E-state index in [0.717, 1.165) is 6.54 Å². The molecule has 0 spiro atoms. The van der Waals surface area contributed by atoms with Gasteiger partial charge in [-0.1, -0.05) is 12.1 Å². The van der Waals surface area contributed by atoms with Crippen LogP contribution in [0.2, 0.25) is 0 Å². The monoisotopic (exact) mass is 421 g/mol. The molecule has 2 rings (SSSR count). The van der Waals surface area contributed by atoms with Crippen molar-refractivity contribution < 1.29 is 0 Å². The van der Waals surface area contributed by atoms with E-state index >= 15 is 0 Å². The van der Waals surface area contributed by atoms with Crippen LogP contribution in [0.3, 0.4) is 0 Å². The normalized spacial score (nSPS) is 12.6. The van der Waals surface area contributed by atoms with Crippen molar-refractivity contribution >= 4 is 49.9 Å². The highest BCUT2D eigenvalue weighted by molar-refractivity contribution is 14.1. The Morgan fingerprint density at radius 1 is 1.24 bits per heavy atom. The van der Waals surface area contributed by atoms with Crippen LogP contribution in [0.4, 0.5) is 0 Å². The fraction of sp³-hybridized carbons (Fsp3) is 0.231. The van der Waals surface area contributed by atoms with E-state index in [-0.39, 0.29) is 0 Å². The fourth-order valence-corrected chi connectivity index (χ4v) is 3.36. The molecule has 0 bridgehead atoms. The van der Waals surface area contributed by atoms with Crippen LogP contribution in [-0.4, -0.2) is 0 Å². The number of thiophene rings is 1. The summed E-state index contributed by atoms with van der Waals surface area (Å²) in [5, 5.41) is 3.54. The van der Waals surface area contributed by atoms with Gasteiger partial charge < -0.3 is 5.32 Å². The van der Waals surface area contributed by atoms with Gasteiger partial charge >= 0.3 is 0 Å². The number of hydrogen-bond acceptors (Lipinski definition) is 2. The maximum Gasteiger partial charge on any atom is 0.0701 e. The van der Waals surface area contributed by atoms with Crippen molar-refractivity contribution in [2.24, 2.45) is 0 Å². The highest BCUT2D eigenvalue weighted by Gasteiger charge is 2.05. The minimum atomic E-state index is 0.382. The van der Waals surface area contributed by atoms with E-state index in [1.165, 1.54) is 17.8 Å². The zero-order valence-electron chi connectivity index (χ0n) is 9.41. The van der Waals surface area contributed by atoms with E-state index in [4.69, 9.17) is 0 Å². The number of halogens is 2. The summed E-state index contributed by atoms with van der Waals surface area (Å²) in [6.45, 7) is 3.12. The Labute approximate surface area is 128 Å². The molecule has 1 N–H and O–H groups in total. The van der Waals surface area contributed by atoms with E-state index < -0.39 is 0 Å². The largest absolute Gasteiger partial charge is 0.305 e. The molecule has 1 unspecified atom stereocenters. The summed E-state index contributed by atoms with van der Waals surface area (Å²) < 4.78 is 2.47. The quantitative estimate of drug-likeness (QED) is 0.687. The Bertz CT molecular complexity index is 480. The fourth-order valence-electron chi connectivity index (χ4n) is 1.57. The lowest BCUT2D eigenvalue weighted by atomic mass is 10.1. The zero-order chi connectivity index (χ0) is 12.3. The second kappa shape index (κ2) is 6.31. The van der Waals surface area contributed by atoms with Gasteiger partial charge in [-0.25, -0.2) is 0 Å². The summed E-state index contributed by atoms with van der Waals surface area (Å²) in [7, 11) is 0. The minimum Gasteiger partial charge on any atom is -0.305 e. The lowest BCUT2D eigenvalue weighted by Crippen LogP contribution is -2.17. The van der Waals surface area contributed by atoms with Gasteiger partial charge in [-0.3, -0.25) is 0 Å². The summed E-state index contributed by atoms with van der Waals surface area (Å²) in [4.78, 5) is 1.36. The van der Waals surface area contributed by atoms with Gasteiger partial charge in [-0.15, -0.1) is 11.3 Å². The van der Waals surface area contributed by atoms with Crippen molar-refractivity contribution in [2.45, 2.75) is 19.5 Å². The van der Waals surface area contributed by atoms with Gasteiger partial charge in [0.2, 0.25) is 0 Å². The number of nitrogens with one attached hydrogen (secondary N) is 1. The average molecular weight is 422 g/mol. The molecular formula is C13H13BrINS. The maximum atomic E-state index is 3.54. The summed E-state index contributed by atoms with van der Waals surface area (Å²) in [5.74, 6) is 0. The van der Waals surface area contributed by atoms with Crippen LogP contribution in [-0.2, 0) is 6.54 Å². The second-order valence-electron chi connectivity index (χ2n) is 3.86. The molecule has 0 radical (unpaired) electrons. The Morgan fingerprint density at radius 2 is 1.94 bits per heavy atom. The van der Waals surface area contributed by atoms with Crippen molar-refractivity contribution in [2.75, 3.05) is 0 Å². The Kier molecular flexibility index (Phi) is 5.02. The molecule has 90 valence electrons. The number of hydrogen-bond donors (Lipinski definition) is 1. The summed E-state index contributed by atoms with van der Waals surface area (Å²) >= 11 is 7.59. The second-order valence-corrected chi connectivity index (χ2v) is 7.65. The van der Waals surface area contributed by atoms with Gasteiger partial charge in [0.1, 0.15) is 0 Å². The Balaban J connectivity index is 1.93. The van der Waals surface area contributed by atoms with Crippen LogP contribution in [0.1, 0.15) is 23.4 Å². The van der Waals surface area contributed by atoms with Crippen molar-refractivity contribution in [1.82, 2.24) is 5.32 Å². The minimum absolute atomic E-state index is 0.382. The highest BCUT2D eigenvalue weighted by atomic mass is 127. The molecule has 1 heterocycles. The zero-order valence-corrected chi connectivity index (χ0v) is 14.0. The van der Waals surface area contributed by atoms with Gasteiger partial charge in [0.25, 0.3) is 0 Å². The van der Waals surface area contributed by atoms with E-state index in [1.807, 2.05) is 0 Å². The molecular weight excluding hydrogens is 409 g/mol. The molecule has 2 aromatic rings. The molecule has 0 amide bonds. The lowest BCUT2D eigenvalue weighted by Gasteiger charge is -2.13. The molecule has 0 aliphatic carbocycles. The molecule has 1 aromatic carbocycles. The molecule has 1 aromatic heterocycles. The molecule has 0 saturated heterocycles. The van der Waals surface area contributed by atoms with Gasteiger partial charge in [0.05, 0.1) is 3.79 Å². The van der Waals surface area contributed by atoms with E-state index in [1.54, 1.807) is 11.3 Å². The third-order valence-corrected chi connectivity index (χ3v) is 4.92. The summed E-state index contributed by atoms with van der Waals surface area (Å²) in [5.41, 5.74) is 1.33. The molecule has 4 heteroatoms. The average Bonchev–Trinajstić information content (AvgIpc) is 2.73. The molecule has 0 saturated carbocycles. The predicted octanol–water partition coefficient (Wildman–Crippen LogP) is 4.97. The number of benzene rings is 1. The van der Waals surface area contributed by atoms with Gasteiger partial charge in [-0.2, -0.15) is 0 Å². The lowest BCUT2D eigenvalue weighted by molar-refractivity contribution is 0.579. The maximum absolute atomic E-state index is 3.54. The third-order valence-electron chi connectivity index (χ3n) is 2.58. The first-order chi connectivity index (χ1) is 8.15. The van der Waals surface area contributed by atoms with Crippen LogP contribution in [0.25, 0.3) is 0 Å². The van der Waals surface area contributed by atoms with Crippen molar-refractivity contribution in [3.8, 4) is 0 Å². The molecule has 1 atom stereocenters. The van der Waals surface area contributed by atoms with E-state index in [0.29, 0.717) is 6.04 Å². The smallest absolute Gasteiger partial charge is 0.0701 e. The molecule has 0 fully saturated rings. The molecule has 0 aliphatic rings. The Morgan fingerprint density at radius 3 is 2.53 bits per heavy atom. The van der Waals surface area contributed by atoms with Gasteiger partial charge in [0.15, 0.2) is 0 Å². The SMILES string of the molecule is CC(NCc1ccc(Br)s1)c1ccc(I)cc1. The molecule has 0 aliphatic heterocycles. The van der Waals surface area contributed by atoms with Crippen LogP contribution in [0.5, 0.6) is 0 Å². The Hall–Kier alpha value is 0.0900. The van der Waals surface area contributed by atoms with Crippen molar-refractivity contribution in [3.05, 3.63) is 54.2 Å². The van der Waals surface area contributed by atoms with Crippen LogP contribution < -0.4 is 5.32 Å². The standard InChI is InChI=1S/C13H13BrINS/c1-9(10-2-4-11(15)5-3-10)16-8-12-6-7-13(14)17-12/h2-7,9,16H,8H2,1H3. The molecule has 1 nitrogen and oxygen atoms in total. The van der Waals surface area contributed by atoms with Crippen LogP contribution in [0, 0.1) is 3.57 Å². The highest BCUT2D eigenvalue weighted by Crippen LogP contribution is 2.23. The predicted molar refractivity (Wildman–Crippen MR) is 86.4 cm³/mol. The van der Waals surface area contributed by atoms with E-state index in [9.17, 15) is 0 Å². The first-order valence-corrected chi connectivity index (χ1v) is 8.07. The van der Waals surface area contributed by atoms with Crippen LogP contribution in [0.15, 0.2) is 40.2 Å². The van der Waals surface area contributed by atoms with Gasteiger partial charge in [0, 0.05) is 21.0 Å². The topological polar surface area (TPSA) is 12.0 Å². The van der Waals surface area contributed by atoms with Crippen molar-refractivity contribution in [1.29, 1.82) is 0 Å². The summed E-state index contributed by atoms with van der Waals surface area (Å²) in [6, 6.07) is 13.3. The first-order valence-electron chi connectivity index (χ1n) is 5.38. The van der Waals surface area contributed by atoms with Crippen molar-refractivity contribution in [3.63, 3.8) is 0 Å². The first kappa shape index (κ1) is 13.5. The summed E-state index contributed by atoms with van der Waals surface area (Å²) in [6.07, 6.45) is 0. The van der Waals surface area contributed by atoms with E-state index in [2.05, 4.69) is 87.2 Å². The number of rotatable bonds is 4. The molecule has 17 heavy (non-hydrogen) atoms. The van der Waals surface area contributed by atoms with Crippen LogP contribution >= 0.6 is 49.9 Å². The third kappa shape index (κ3) is 4.05.